The van der Waals surface area contributed by atoms with Crippen LogP contribution in [0.2, 0.25) is 0 Å². The number of carbonyl (C=O) groups excluding carboxylic acids is 2. The van der Waals surface area contributed by atoms with Crippen LogP contribution in [0.3, 0.4) is 0 Å². The summed E-state index contributed by atoms with van der Waals surface area (Å²) in [6.45, 7) is 0.490. The summed E-state index contributed by atoms with van der Waals surface area (Å²) in [4.78, 5) is 22.8. The maximum Gasteiger partial charge on any atom is 0.305 e. The first kappa shape index (κ1) is 15.5. The van der Waals surface area contributed by atoms with E-state index in [0.29, 0.717) is 25.8 Å². The summed E-state index contributed by atoms with van der Waals surface area (Å²) in [6, 6.07) is 6.35. The normalized spacial score (nSPS) is 16.4. The molecule has 0 bridgehead atoms. The fourth-order valence-electron chi connectivity index (χ4n) is 2.63. The van der Waals surface area contributed by atoms with E-state index in [-0.39, 0.29) is 17.9 Å². The molecular formula is C16H22N2O3. The van der Waals surface area contributed by atoms with E-state index in [1.165, 1.54) is 18.2 Å². The lowest BCUT2D eigenvalue weighted by atomic mass is 10.0. The highest BCUT2D eigenvalue weighted by Crippen LogP contribution is 2.22. The molecule has 2 rings (SSSR count). The molecule has 21 heavy (non-hydrogen) atoms. The molecule has 0 aliphatic heterocycles. The fraction of sp³-hybridized carbons (Fsp3) is 0.500. The van der Waals surface area contributed by atoms with Crippen molar-refractivity contribution in [2.45, 2.75) is 38.1 Å². The molecular weight excluding hydrogens is 268 g/mol. The van der Waals surface area contributed by atoms with Crippen LogP contribution in [0.15, 0.2) is 18.2 Å². The molecule has 114 valence electrons. The van der Waals surface area contributed by atoms with Gasteiger partial charge in [0, 0.05) is 19.0 Å². The number of amides is 1. The second-order valence-electron chi connectivity index (χ2n) is 5.48. The molecule has 5 heteroatoms. The van der Waals surface area contributed by atoms with Crippen LogP contribution in [-0.4, -0.2) is 31.6 Å². The average Bonchev–Trinajstić information content (AvgIpc) is 2.82. The summed E-state index contributed by atoms with van der Waals surface area (Å²) in [5.74, 6) is -0.277. The van der Waals surface area contributed by atoms with E-state index in [1.807, 2.05) is 6.07 Å². The zero-order chi connectivity index (χ0) is 15.2. The van der Waals surface area contributed by atoms with Crippen LogP contribution < -0.4 is 11.1 Å². The predicted molar refractivity (Wildman–Crippen MR) is 79.8 cm³/mol. The minimum absolute atomic E-state index is 0.0258. The Kier molecular flexibility index (Phi) is 5.33. The van der Waals surface area contributed by atoms with Gasteiger partial charge < -0.3 is 15.8 Å². The minimum atomic E-state index is -0.251. The van der Waals surface area contributed by atoms with Gasteiger partial charge >= 0.3 is 5.97 Å². The Morgan fingerprint density at radius 3 is 2.86 bits per heavy atom. The van der Waals surface area contributed by atoms with E-state index in [9.17, 15) is 9.59 Å². The van der Waals surface area contributed by atoms with Crippen molar-refractivity contribution in [2.75, 3.05) is 13.7 Å². The number of esters is 1. The molecule has 0 aromatic heterocycles. The maximum absolute atomic E-state index is 11.8. The van der Waals surface area contributed by atoms with Crippen molar-refractivity contribution in [3.63, 3.8) is 0 Å². The summed E-state index contributed by atoms with van der Waals surface area (Å²) < 4.78 is 4.54. The molecule has 1 atom stereocenters. The van der Waals surface area contributed by atoms with Crippen LogP contribution in [0.5, 0.6) is 0 Å². The summed E-state index contributed by atoms with van der Waals surface area (Å²) in [6.07, 6.45) is 3.10. The largest absolute Gasteiger partial charge is 0.469 e. The van der Waals surface area contributed by atoms with Crippen LogP contribution in [-0.2, 0) is 33.6 Å². The molecule has 3 N–H and O–H groups in total. The molecule has 0 spiro atoms. The second kappa shape index (κ2) is 7.22. The average molecular weight is 290 g/mol. The van der Waals surface area contributed by atoms with Crippen molar-refractivity contribution in [1.82, 2.24) is 5.32 Å². The van der Waals surface area contributed by atoms with E-state index >= 15 is 0 Å². The number of rotatable bonds is 6. The van der Waals surface area contributed by atoms with Crippen LogP contribution in [0.4, 0.5) is 0 Å². The van der Waals surface area contributed by atoms with Crippen molar-refractivity contribution < 1.29 is 14.3 Å². The lowest BCUT2D eigenvalue weighted by Crippen LogP contribution is -2.26. The Balaban J connectivity index is 1.76. The van der Waals surface area contributed by atoms with Crippen LogP contribution >= 0.6 is 0 Å². The Bertz CT molecular complexity index is 528. The summed E-state index contributed by atoms with van der Waals surface area (Å²) in [7, 11) is 1.36. The third-order valence-electron chi connectivity index (χ3n) is 3.71. The molecule has 0 heterocycles. The van der Waals surface area contributed by atoms with Crippen molar-refractivity contribution in [3.8, 4) is 0 Å². The number of ether oxygens (including phenoxy) is 1. The molecule has 0 saturated heterocycles. The van der Waals surface area contributed by atoms with E-state index in [4.69, 9.17) is 5.73 Å². The highest BCUT2D eigenvalue weighted by Gasteiger charge is 2.18. The van der Waals surface area contributed by atoms with Gasteiger partial charge in [0.15, 0.2) is 0 Å². The Morgan fingerprint density at radius 1 is 1.33 bits per heavy atom. The molecule has 0 fully saturated rings. The van der Waals surface area contributed by atoms with E-state index in [0.717, 1.165) is 18.4 Å². The van der Waals surface area contributed by atoms with Gasteiger partial charge in [0.1, 0.15) is 0 Å². The number of nitrogens with one attached hydrogen (secondary N) is 1. The van der Waals surface area contributed by atoms with E-state index < -0.39 is 0 Å². The topological polar surface area (TPSA) is 81.4 Å². The zero-order valence-electron chi connectivity index (χ0n) is 12.4. The van der Waals surface area contributed by atoms with Gasteiger partial charge in [-0.15, -0.1) is 0 Å². The fourth-order valence-corrected chi connectivity index (χ4v) is 2.63. The van der Waals surface area contributed by atoms with Gasteiger partial charge in [0.25, 0.3) is 0 Å². The Labute approximate surface area is 124 Å². The molecule has 1 unspecified atom stereocenters. The van der Waals surface area contributed by atoms with Crippen molar-refractivity contribution in [2.24, 2.45) is 5.73 Å². The molecule has 0 radical (unpaired) electrons. The molecule has 1 amide bonds. The third kappa shape index (κ3) is 4.56. The lowest BCUT2D eigenvalue weighted by molar-refractivity contribution is -0.140. The number of nitrogens with two attached hydrogens (primary N) is 1. The van der Waals surface area contributed by atoms with Gasteiger partial charge in [-0.05, 0) is 36.0 Å². The standard InChI is InChI=1S/C16H22N2O3/c1-21-16(20)3-2-6-18-15(19)8-11-4-5-12-9-14(17)10-13(12)7-11/h4-5,7,14H,2-3,6,8-10,17H2,1H3,(H,18,19). The SMILES string of the molecule is COC(=O)CCCNC(=O)Cc1ccc2c(c1)CC(N)C2. The quantitative estimate of drug-likeness (QED) is 0.597. The highest BCUT2D eigenvalue weighted by atomic mass is 16.5. The second-order valence-corrected chi connectivity index (χ2v) is 5.48. The molecule has 0 saturated carbocycles. The number of fused-ring (bicyclic) bond motifs is 1. The highest BCUT2D eigenvalue weighted by molar-refractivity contribution is 5.78. The monoisotopic (exact) mass is 290 g/mol. The van der Waals surface area contributed by atoms with Gasteiger partial charge in [-0.1, -0.05) is 18.2 Å². The van der Waals surface area contributed by atoms with Crippen molar-refractivity contribution in [3.05, 3.63) is 34.9 Å². The van der Waals surface area contributed by atoms with E-state index in [2.05, 4.69) is 22.2 Å². The maximum atomic E-state index is 11.8. The summed E-state index contributed by atoms with van der Waals surface area (Å²) in [5.41, 5.74) is 9.50. The molecule has 1 aliphatic rings. The number of methoxy groups -OCH3 is 1. The summed E-state index contributed by atoms with van der Waals surface area (Å²) >= 11 is 0. The Hall–Kier alpha value is -1.88. The predicted octanol–water partition coefficient (Wildman–Crippen LogP) is 0.724. The van der Waals surface area contributed by atoms with Crippen LogP contribution in [0.1, 0.15) is 29.5 Å². The van der Waals surface area contributed by atoms with Gasteiger partial charge in [-0.25, -0.2) is 0 Å². The molecule has 1 aromatic rings. The minimum Gasteiger partial charge on any atom is -0.469 e. The van der Waals surface area contributed by atoms with Crippen LogP contribution in [0.25, 0.3) is 0 Å². The van der Waals surface area contributed by atoms with E-state index in [1.54, 1.807) is 0 Å². The number of hydrogen-bond donors (Lipinski definition) is 2. The van der Waals surface area contributed by atoms with Crippen molar-refractivity contribution >= 4 is 11.9 Å². The molecule has 1 aromatic carbocycles. The van der Waals surface area contributed by atoms with Gasteiger partial charge in [-0.2, -0.15) is 0 Å². The zero-order valence-corrected chi connectivity index (χ0v) is 12.4. The first-order valence-electron chi connectivity index (χ1n) is 7.28. The van der Waals surface area contributed by atoms with Gasteiger partial charge in [0.2, 0.25) is 5.91 Å². The number of carbonyl (C=O) groups is 2. The number of benzene rings is 1. The van der Waals surface area contributed by atoms with Gasteiger partial charge in [0.05, 0.1) is 13.5 Å². The number of hydrogen-bond acceptors (Lipinski definition) is 4. The lowest BCUT2D eigenvalue weighted by Gasteiger charge is -2.06. The molecule has 5 nitrogen and oxygen atoms in total. The first-order valence-corrected chi connectivity index (χ1v) is 7.28. The van der Waals surface area contributed by atoms with Crippen molar-refractivity contribution in [1.29, 1.82) is 0 Å². The van der Waals surface area contributed by atoms with Crippen LogP contribution in [0, 0.1) is 0 Å². The first-order chi connectivity index (χ1) is 10.1. The third-order valence-corrected chi connectivity index (χ3v) is 3.71. The smallest absolute Gasteiger partial charge is 0.305 e. The Morgan fingerprint density at radius 2 is 2.10 bits per heavy atom. The molecule has 1 aliphatic carbocycles. The van der Waals surface area contributed by atoms with Gasteiger partial charge in [-0.3, -0.25) is 9.59 Å². The summed E-state index contributed by atoms with van der Waals surface area (Å²) in [5, 5.41) is 2.82.